The molecule has 0 atom stereocenters. The summed E-state index contributed by atoms with van der Waals surface area (Å²) < 4.78 is 33.0. The van der Waals surface area contributed by atoms with Crippen LogP contribution in [0.5, 0.6) is 11.5 Å². The molecule has 4 rings (SSSR count). The maximum absolute atomic E-state index is 12.0. The highest BCUT2D eigenvalue weighted by atomic mass is 79.9. The molecule has 0 aliphatic carbocycles. The Hall–Kier alpha value is -2.10. The van der Waals surface area contributed by atoms with Gasteiger partial charge in [-0.15, -0.1) is 0 Å². The summed E-state index contributed by atoms with van der Waals surface area (Å²) in [5.41, 5.74) is 1.34. The van der Waals surface area contributed by atoms with Crippen LogP contribution < -0.4 is 14.8 Å². The van der Waals surface area contributed by atoms with Gasteiger partial charge in [-0.3, -0.25) is 5.10 Å². The van der Waals surface area contributed by atoms with E-state index < -0.39 is 10.0 Å². The molecule has 9 heteroatoms. The van der Waals surface area contributed by atoms with Crippen LogP contribution >= 0.6 is 15.9 Å². The second-order valence-electron chi connectivity index (χ2n) is 4.99. The van der Waals surface area contributed by atoms with Gasteiger partial charge in [0.25, 0.3) is 0 Å². The van der Waals surface area contributed by atoms with Crippen LogP contribution in [0.2, 0.25) is 0 Å². The summed E-state index contributed by atoms with van der Waals surface area (Å²) in [6, 6.07) is 8.37. The molecule has 2 heterocycles. The van der Waals surface area contributed by atoms with E-state index in [9.17, 15) is 8.42 Å². The Kier molecular flexibility index (Phi) is 3.12. The van der Waals surface area contributed by atoms with E-state index in [1.807, 2.05) is 12.1 Å². The molecular formula is C14H11BrN4O3S. The minimum Gasteiger partial charge on any atom is -0.454 e. The molecule has 0 saturated heterocycles. The molecule has 2 aromatic carbocycles. The molecule has 0 saturated carbocycles. The van der Waals surface area contributed by atoms with Crippen LogP contribution in [0.3, 0.4) is 0 Å². The smallest absolute Gasteiger partial charge is 0.240 e. The minimum absolute atomic E-state index is 0.147. The van der Waals surface area contributed by atoms with E-state index >= 15 is 0 Å². The fourth-order valence-corrected chi connectivity index (χ4v) is 3.68. The minimum atomic E-state index is -3.54. The first-order valence-corrected chi connectivity index (χ1v) is 8.95. The van der Waals surface area contributed by atoms with Crippen LogP contribution in [-0.2, 0) is 10.0 Å². The number of aromatic nitrogens is 2. The van der Waals surface area contributed by atoms with Gasteiger partial charge in [0.2, 0.25) is 10.0 Å². The molecule has 0 bridgehead atoms. The quantitative estimate of drug-likeness (QED) is 0.485. The van der Waals surface area contributed by atoms with Gasteiger partial charge in [0, 0.05) is 4.47 Å². The number of halogens is 1. The summed E-state index contributed by atoms with van der Waals surface area (Å²) in [7, 11) is -2.17. The van der Waals surface area contributed by atoms with Gasteiger partial charge < -0.3 is 10.1 Å². The third-order valence-corrected chi connectivity index (χ3v) is 5.46. The van der Waals surface area contributed by atoms with Crippen molar-refractivity contribution in [3.8, 4) is 11.5 Å². The molecule has 0 spiro atoms. The third-order valence-electron chi connectivity index (χ3n) is 3.59. The third kappa shape index (κ3) is 2.28. The SMILES string of the molecule is CNS(=O)(=O)c1ccc2c(c1)Nc1n[nH]c3cc(Br)cc(c13)O2. The Morgan fingerprint density at radius 3 is 2.83 bits per heavy atom. The van der Waals surface area contributed by atoms with Crippen LogP contribution in [0.25, 0.3) is 10.9 Å². The number of nitrogens with zero attached hydrogens (tertiary/aromatic N) is 1. The van der Waals surface area contributed by atoms with E-state index in [0.29, 0.717) is 23.0 Å². The number of anilines is 2. The Balaban J connectivity index is 1.92. The van der Waals surface area contributed by atoms with Crippen molar-refractivity contribution >= 4 is 48.4 Å². The first kappa shape index (κ1) is 14.5. The number of fused-ring (bicyclic) bond motifs is 1. The van der Waals surface area contributed by atoms with Gasteiger partial charge in [0.1, 0.15) is 5.75 Å². The lowest BCUT2D eigenvalue weighted by atomic mass is 10.2. The number of H-pyrrole nitrogens is 1. The first-order valence-electron chi connectivity index (χ1n) is 6.68. The Bertz CT molecular complexity index is 1050. The number of hydrogen-bond acceptors (Lipinski definition) is 5. The second-order valence-corrected chi connectivity index (χ2v) is 7.79. The number of aromatic amines is 1. The first-order chi connectivity index (χ1) is 11.0. The lowest BCUT2D eigenvalue weighted by Crippen LogP contribution is -2.18. The Labute approximate surface area is 140 Å². The molecule has 1 aliphatic rings. The predicted octanol–water partition coefficient (Wildman–Crippen LogP) is 3.08. The Morgan fingerprint density at radius 1 is 1.22 bits per heavy atom. The van der Waals surface area contributed by atoms with Crippen LogP contribution in [-0.4, -0.2) is 25.7 Å². The van der Waals surface area contributed by atoms with Gasteiger partial charge in [-0.05, 0) is 37.4 Å². The predicted molar refractivity (Wildman–Crippen MR) is 89.8 cm³/mol. The molecule has 0 radical (unpaired) electrons. The van der Waals surface area contributed by atoms with Gasteiger partial charge in [0.15, 0.2) is 11.6 Å². The van der Waals surface area contributed by atoms with Gasteiger partial charge in [-0.25, -0.2) is 13.1 Å². The van der Waals surface area contributed by atoms with Crippen molar-refractivity contribution in [2.24, 2.45) is 0 Å². The summed E-state index contributed by atoms with van der Waals surface area (Å²) in [6.45, 7) is 0. The fourth-order valence-electron chi connectivity index (χ4n) is 2.48. The van der Waals surface area contributed by atoms with Crippen molar-refractivity contribution in [2.45, 2.75) is 4.90 Å². The monoisotopic (exact) mass is 394 g/mol. The molecular weight excluding hydrogens is 384 g/mol. The number of rotatable bonds is 2. The zero-order valence-electron chi connectivity index (χ0n) is 11.8. The number of sulfonamides is 1. The second kappa shape index (κ2) is 4.95. The van der Waals surface area contributed by atoms with E-state index in [2.05, 4.69) is 36.2 Å². The van der Waals surface area contributed by atoms with E-state index in [1.54, 1.807) is 6.07 Å². The van der Waals surface area contributed by atoms with E-state index in [4.69, 9.17) is 4.74 Å². The number of ether oxygens (including phenoxy) is 1. The molecule has 23 heavy (non-hydrogen) atoms. The van der Waals surface area contributed by atoms with Crippen molar-refractivity contribution in [1.82, 2.24) is 14.9 Å². The van der Waals surface area contributed by atoms with Crippen molar-refractivity contribution in [1.29, 1.82) is 0 Å². The molecule has 3 aromatic rings. The Morgan fingerprint density at radius 2 is 2.04 bits per heavy atom. The zero-order chi connectivity index (χ0) is 16.2. The van der Waals surface area contributed by atoms with Gasteiger partial charge >= 0.3 is 0 Å². The largest absolute Gasteiger partial charge is 0.454 e. The summed E-state index contributed by atoms with van der Waals surface area (Å²) in [5, 5.41) is 11.1. The maximum atomic E-state index is 12.0. The van der Waals surface area contributed by atoms with Gasteiger partial charge in [0.05, 0.1) is 21.5 Å². The summed E-state index contributed by atoms with van der Waals surface area (Å²) >= 11 is 3.43. The summed E-state index contributed by atoms with van der Waals surface area (Å²) in [4.78, 5) is 0.147. The van der Waals surface area contributed by atoms with Crippen LogP contribution in [0.15, 0.2) is 39.7 Å². The standard InChI is InChI=1S/C14H11BrN4O3S/c1-16-23(20,21)8-2-3-11-9(6-8)17-14-13-10(18-19-14)4-7(15)5-12(13)22-11/h2-6,16H,1H3,(H2,17,18,19). The van der Waals surface area contributed by atoms with Crippen LogP contribution in [0.1, 0.15) is 0 Å². The molecule has 0 unspecified atom stereocenters. The average Bonchev–Trinajstić information content (AvgIpc) is 2.83. The summed E-state index contributed by atoms with van der Waals surface area (Å²) in [6.07, 6.45) is 0. The van der Waals surface area contributed by atoms with Gasteiger partial charge in [-0.2, -0.15) is 5.10 Å². The maximum Gasteiger partial charge on any atom is 0.240 e. The highest BCUT2D eigenvalue weighted by Gasteiger charge is 2.22. The van der Waals surface area contributed by atoms with Crippen molar-refractivity contribution < 1.29 is 13.2 Å². The van der Waals surface area contributed by atoms with E-state index in [-0.39, 0.29) is 4.90 Å². The van der Waals surface area contributed by atoms with Crippen LogP contribution in [0.4, 0.5) is 11.5 Å². The average molecular weight is 395 g/mol. The fraction of sp³-hybridized carbons (Fsp3) is 0.0714. The van der Waals surface area contributed by atoms with Crippen molar-refractivity contribution in [3.05, 3.63) is 34.8 Å². The lowest BCUT2D eigenvalue weighted by Gasteiger charge is -2.11. The van der Waals surface area contributed by atoms with E-state index in [0.717, 1.165) is 15.4 Å². The molecule has 7 nitrogen and oxygen atoms in total. The molecule has 1 aliphatic heterocycles. The van der Waals surface area contributed by atoms with Crippen molar-refractivity contribution in [3.63, 3.8) is 0 Å². The lowest BCUT2D eigenvalue weighted by molar-refractivity contribution is 0.491. The molecule has 118 valence electrons. The van der Waals surface area contributed by atoms with Crippen LogP contribution in [0, 0.1) is 0 Å². The summed E-state index contributed by atoms with van der Waals surface area (Å²) in [5.74, 6) is 1.74. The number of nitrogens with one attached hydrogen (secondary N) is 3. The van der Waals surface area contributed by atoms with Gasteiger partial charge in [-0.1, -0.05) is 15.9 Å². The van der Waals surface area contributed by atoms with E-state index in [1.165, 1.54) is 19.2 Å². The highest BCUT2D eigenvalue weighted by molar-refractivity contribution is 9.10. The zero-order valence-corrected chi connectivity index (χ0v) is 14.2. The highest BCUT2D eigenvalue weighted by Crippen LogP contribution is 2.43. The number of hydrogen-bond donors (Lipinski definition) is 3. The topological polar surface area (TPSA) is 96.1 Å². The molecule has 0 amide bonds. The van der Waals surface area contributed by atoms with Crippen molar-refractivity contribution in [2.75, 3.05) is 12.4 Å². The molecule has 0 fully saturated rings. The molecule has 1 aromatic heterocycles. The normalized spacial score (nSPS) is 13.1. The number of benzene rings is 2. The molecule has 3 N–H and O–H groups in total.